The van der Waals surface area contributed by atoms with Crippen LogP contribution in [0, 0.1) is 5.82 Å². The van der Waals surface area contributed by atoms with Gasteiger partial charge in [-0.15, -0.1) is 0 Å². The van der Waals surface area contributed by atoms with Gasteiger partial charge in [0.1, 0.15) is 11.9 Å². The van der Waals surface area contributed by atoms with Crippen LogP contribution in [0.25, 0.3) is 0 Å². The van der Waals surface area contributed by atoms with Crippen molar-refractivity contribution in [1.29, 1.82) is 0 Å². The lowest BCUT2D eigenvalue weighted by Crippen LogP contribution is -2.56. The maximum absolute atomic E-state index is 13.2. The molecule has 3 fully saturated rings. The van der Waals surface area contributed by atoms with E-state index in [0.29, 0.717) is 32.3 Å². The molecule has 2 atom stereocenters. The first kappa shape index (κ1) is 20.7. The molecule has 0 saturated carbocycles. The van der Waals surface area contributed by atoms with E-state index >= 15 is 0 Å². The summed E-state index contributed by atoms with van der Waals surface area (Å²) in [5.74, 6) is -0.0808. The Hall–Kier alpha value is -1.54. The monoisotopic (exact) mass is 404 g/mol. The van der Waals surface area contributed by atoms with Crippen LogP contribution in [-0.2, 0) is 9.53 Å². The average Bonchev–Trinajstić information content (AvgIpc) is 2.75. The highest BCUT2D eigenvalue weighted by Crippen LogP contribution is 2.23. The number of carbonyl (C=O) groups is 1. The molecule has 0 bridgehead atoms. The molecule has 3 saturated heterocycles. The summed E-state index contributed by atoms with van der Waals surface area (Å²) in [5.41, 5.74) is 0.926. The van der Waals surface area contributed by atoms with Crippen LogP contribution in [-0.4, -0.2) is 104 Å². The summed E-state index contributed by atoms with van der Waals surface area (Å²) in [6.07, 6.45) is 2.40. The second kappa shape index (κ2) is 9.51. The van der Waals surface area contributed by atoms with Crippen LogP contribution in [0.4, 0.5) is 4.39 Å². The third-order valence-corrected chi connectivity index (χ3v) is 6.54. The smallest absolute Gasteiger partial charge is 0.236 e. The minimum Gasteiger partial charge on any atom is -0.370 e. The van der Waals surface area contributed by atoms with Crippen LogP contribution in [0.2, 0.25) is 0 Å². The summed E-state index contributed by atoms with van der Waals surface area (Å²) in [7, 11) is 2.21. The van der Waals surface area contributed by atoms with Crippen LogP contribution >= 0.6 is 0 Å². The van der Waals surface area contributed by atoms with E-state index < -0.39 is 0 Å². The standard InChI is InChI=1S/C22H33FN4O2/c1-24-8-2-3-20(15-24)26-11-9-25(10-12-26)17-22(28)27-13-14-29-21(16-27)18-4-6-19(23)7-5-18/h4-7,20-21H,2-3,8-17H2,1H3. The van der Waals surface area contributed by atoms with Gasteiger partial charge in [0.2, 0.25) is 5.91 Å². The van der Waals surface area contributed by atoms with Gasteiger partial charge in [-0.3, -0.25) is 14.6 Å². The van der Waals surface area contributed by atoms with E-state index in [1.54, 1.807) is 12.1 Å². The van der Waals surface area contributed by atoms with Crippen LogP contribution < -0.4 is 0 Å². The quantitative estimate of drug-likeness (QED) is 0.759. The van der Waals surface area contributed by atoms with Crippen LogP contribution in [0.15, 0.2) is 24.3 Å². The zero-order valence-corrected chi connectivity index (χ0v) is 17.4. The highest BCUT2D eigenvalue weighted by atomic mass is 19.1. The number of nitrogens with zero attached hydrogens (tertiary/aromatic N) is 4. The number of hydrogen-bond acceptors (Lipinski definition) is 5. The molecular weight excluding hydrogens is 371 g/mol. The van der Waals surface area contributed by atoms with Crippen LogP contribution in [0.5, 0.6) is 0 Å². The highest BCUT2D eigenvalue weighted by Gasteiger charge is 2.30. The zero-order chi connectivity index (χ0) is 20.2. The number of piperazine rings is 1. The number of ether oxygens (including phenoxy) is 1. The van der Waals surface area contributed by atoms with Crippen molar-refractivity contribution in [3.63, 3.8) is 0 Å². The molecule has 1 aromatic carbocycles. The number of likely N-dealkylation sites (tertiary alicyclic amines) is 1. The maximum Gasteiger partial charge on any atom is 0.236 e. The van der Waals surface area contributed by atoms with Crippen LogP contribution in [0.1, 0.15) is 24.5 Å². The number of amides is 1. The van der Waals surface area contributed by atoms with Gasteiger partial charge in [0.25, 0.3) is 0 Å². The summed E-state index contributed by atoms with van der Waals surface area (Å²) in [6, 6.07) is 7.06. The van der Waals surface area contributed by atoms with E-state index in [9.17, 15) is 9.18 Å². The Morgan fingerprint density at radius 2 is 1.83 bits per heavy atom. The van der Waals surface area contributed by atoms with Crippen LogP contribution in [0.3, 0.4) is 0 Å². The van der Waals surface area contributed by atoms with Crippen molar-refractivity contribution in [3.05, 3.63) is 35.6 Å². The average molecular weight is 405 g/mol. The molecule has 0 radical (unpaired) electrons. The summed E-state index contributed by atoms with van der Waals surface area (Å²) in [6.45, 7) is 8.56. The third-order valence-electron chi connectivity index (χ3n) is 6.54. The first-order chi connectivity index (χ1) is 14.1. The Morgan fingerprint density at radius 3 is 2.55 bits per heavy atom. The second-order valence-electron chi connectivity index (χ2n) is 8.62. The lowest BCUT2D eigenvalue weighted by molar-refractivity contribution is -0.140. The Kier molecular flexibility index (Phi) is 6.80. The zero-order valence-electron chi connectivity index (χ0n) is 17.4. The fraction of sp³-hybridized carbons (Fsp3) is 0.682. The van der Waals surface area contributed by atoms with E-state index in [0.717, 1.165) is 38.3 Å². The fourth-order valence-electron chi connectivity index (χ4n) is 4.77. The van der Waals surface area contributed by atoms with Crippen molar-refractivity contribution in [3.8, 4) is 0 Å². The third kappa shape index (κ3) is 5.34. The van der Waals surface area contributed by atoms with Gasteiger partial charge in [-0.25, -0.2) is 4.39 Å². The summed E-state index contributed by atoms with van der Waals surface area (Å²) in [4.78, 5) is 22.1. The Bertz CT molecular complexity index is 678. The van der Waals surface area contributed by atoms with Gasteiger partial charge in [-0.1, -0.05) is 12.1 Å². The summed E-state index contributed by atoms with van der Waals surface area (Å²) < 4.78 is 19.0. The SMILES string of the molecule is CN1CCCC(N2CCN(CC(=O)N3CCOC(c4ccc(F)cc4)C3)CC2)C1. The van der Waals surface area contributed by atoms with E-state index in [1.807, 2.05) is 4.90 Å². The number of halogens is 1. The minimum atomic E-state index is -0.253. The summed E-state index contributed by atoms with van der Waals surface area (Å²) in [5, 5.41) is 0. The predicted molar refractivity (Wildman–Crippen MR) is 110 cm³/mol. The number of rotatable bonds is 4. The van der Waals surface area contributed by atoms with Crippen molar-refractivity contribution in [2.45, 2.75) is 25.0 Å². The molecule has 160 valence electrons. The molecule has 0 N–H and O–H groups in total. The van der Waals surface area contributed by atoms with Gasteiger partial charge in [-0.05, 0) is 44.1 Å². The summed E-state index contributed by atoms with van der Waals surface area (Å²) >= 11 is 0. The molecule has 3 aliphatic heterocycles. The minimum absolute atomic E-state index is 0.172. The van der Waals surface area contributed by atoms with Crippen molar-refractivity contribution in [1.82, 2.24) is 19.6 Å². The molecule has 0 spiro atoms. The molecule has 1 aromatic rings. The molecule has 1 amide bonds. The Morgan fingerprint density at radius 1 is 1.07 bits per heavy atom. The maximum atomic E-state index is 13.2. The van der Waals surface area contributed by atoms with Crippen molar-refractivity contribution >= 4 is 5.91 Å². The molecule has 6 nitrogen and oxygen atoms in total. The van der Waals surface area contributed by atoms with Gasteiger partial charge >= 0.3 is 0 Å². The van der Waals surface area contributed by atoms with Gasteiger partial charge in [0.05, 0.1) is 19.7 Å². The first-order valence-electron chi connectivity index (χ1n) is 10.9. The molecule has 3 aliphatic rings. The van der Waals surface area contributed by atoms with E-state index in [1.165, 1.54) is 31.5 Å². The first-order valence-corrected chi connectivity index (χ1v) is 10.9. The largest absolute Gasteiger partial charge is 0.370 e. The molecule has 29 heavy (non-hydrogen) atoms. The molecule has 2 unspecified atom stereocenters. The lowest BCUT2D eigenvalue weighted by Gasteiger charge is -2.43. The number of likely N-dealkylation sites (N-methyl/N-ethyl adjacent to an activating group) is 1. The fourth-order valence-corrected chi connectivity index (χ4v) is 4.77. The Labute approximate surface area is 173 Å². The van der Waals surface area contributed by atoms with Gasteiger partial charge in [0, 0.05) is 45.3 Å². The van der Waals surface area contributed by atoms with E-state index in [-0.39, 0.29) is 17.8 Å². The van der Waals surface area contributed by atoms with Gasteiger partial charge in [-0.2, -0.15) is 0 Å². The predicted octanol–water partition coefficient (Wildman–Crippen LogP) is 1.44. The van der Waals surface area contributed by atoms with Gasteiger partial charge < -0.3 is 14.5 Å². The number of benzene rings is 1. The molecular formula is C22H33FN4O2. The number of hydrogen-bond donors (Lipinski definition) is 0. The molecule has 7 heteroatoms. The molecule has 4 rings (SSSR count). The lowest BCUT2D eigenvalue weighted by atomic mass is 10.0. The number of morpholine rings is 1. The topological polar surface area (TPSA) is 39.3 Å². The highest BCUT2D eigenvalue weighted by molar-refractivity contribution is 5.78. The molecule has 0 aromatic heterocycles. The normalized spacial score (nSPS) is 27.9. The van der Waals surface area contributed by atoms with Crippen molar-refractivity contribution < 1.29 is 13.9 Å². The molecule has 3 heterocycles. The van der Waals surface area contributed by atoms with Crippen molar-refractivity contribution in [2.75, 3.05) is 72.6 Å². The van der Waals surface area contributed by atoms with Gasteiger partial charge in [0.15, 0.2) is 0 Å². The van der Waals surface area contributed by atoms with E-state index in [2.05, 4.69) is 21.7 Å². The number of piperidine rings is 1. The number of carbonyl (C=O) groups excluding carboxylic acids is 1. The Balaban J connectivity index is 1.24. The second-order valence-corrected chi connectivity index (χ2v) is 8.62. The van der Waals surface area contributed by atoms with Crippen molar-refractivity contribution in [2.24, 2.45) is 0 Å². The van der Waals surface area contributed by atoms with E-state index in [4.69, 9.17) is 4.74 Å². The molecule has 0 aliphatic carbocycles.